The Kier molecular flexibility index (Phi) is 15.5. The number of rotatable bonds is 17. The summed E-state index contributed by atoms with van der Waals surface area (Å²) in [6, 6.07) is -1.10. The van der Waals surface area contributed by atoms with E-state index in [0.717, 1.165) is 12.1 Å². The number of benzene rings is 1. The molecule has 49 heavy (non-hydrogen) atoms. The highest BCUT2D eigenvalue weighted by molar-refractivity contribution is 14.0. The summed E-state index contributed by atoms with van der Waals surface area (Å²) in [5.74, 6) is -56.2. The number of carbonyl (C=O) groups is 1. The number of amides is 1. The van der Waals surface area contributed by atoms with Crippen molar-refractivity contribution in [1.82, 2.24) is 4.90 Å². The zero-order chi connectivity index (χ0) is 37.9. The van der Waals surface area contributed by atoms with Crippen LogP contribution >= 0.6 is 24.0 Å². The van der Waals surface area contributed by atoms with Gasteiger partial charge in [0.1, 0.15) is 0 Å². The Morgan fingerprint density at radius 3 is 1.57 bits per heavy atom. The van der Waals surface area contributed by atoms with Gasteiger partial charge in [-0.25, -0.2) is 0 Å². The molecule has 0 aliphatic rings. The summed E-state index contributed by atoms with van der Waals surface area (Å²) >= 11 is 0. The van der Waals surface area contributed by atoms with E-state index in [1.54, 1.807) is 20.8 Å². The van der Waals surface area contributed by atoms with Crippen LogP contribution in [0.5, 0.6) is 5.75 Å². The first-order valence-corrected chi connectivity index (χ1v) is 13.9. The van der Waals surface area contributed by atoms with Gasteiger partial charge < -0.3 is 14.5 Å². The molecule has 0 unspecified atom stereocenters. The summed E-state index contributed by atoms with van der Waals surface area (Å²) in [5, 5.41) is 0. The second-order valence-electron chi connectivity index (χ2n) is 10.1. The van der Waals surface area contributed by atoms with Crippen LogP contribution in [0.15, 0.2) is 30.0 Å². The summed E-state index contributed by atoms with van der Waals surface area (Å²) < 4.78 is 236. The molecule has 0 atom stereocenters. The van der Waals surface area contributed by atoms with Crippen LogP contribution in [-0.2, 0) is 0 Å². The highest BCUT2D eigenvalue weighted by Gasteiger charge is 2.93. The Bertz CT molecular complexity index is 1300. The molecule has 22 heteroatoms. The molecule has 1 aromatic carbocycles. The lowest BCUT2D eigenvalue weighted by molar-refractivity contribution is -0.451. The fraction of sp³-hybridized carbons (Fsp3) is 0.667. The molecule has 0 aliphatic heterocycles. The van der Waals surface area contributed by atoms with Crippen LogP contribution in [0.3, 0.4) is 0 Å². The van der Waals surface area contributed by atoms with Crippen LogP contribution in [0.4, 0.5) is 80.3 Å². The van der Waals surface area contributed by atoms with Crippen molar-refractivity contribution >= 4 is 35.6 Å². The number of anilines is 1. The maximum absolute atomic E-state index is 14.6. The summed E-state index contributed by atoms with van der Waals surface area (Å²) in [6.07, 6.45) is -6.21. The van der Waals surface area contributed by atoms with E-state index in [2.05, 4.69) is 4.74 Å². The van der Waals surface area contributed by atoms with E-state index in [1.807, 2.05) is 0 Å². The third kappa shape index (κ3) is 8.39. The Hall–Kier alpha value is -2.43. The fourth-order valence-electron chi connectivity index (χ4n) is 4.05. The molecule has 0 radical (unpaired) electrons. The second-order valence-corrected chi connectivity index (χ2v) is 10.1. The molecule has 0 heterocycles. The maximum atomic E-state index is 14.6. The summed E-state index contributed by atoms with van der Waals surface area (Å²) in [6.45, 7) is 6.81. The van der Waals surface area contributed by atoms with Gasteiger partial charge in [0.05, 0.1) is 5.69 Å². The highest BCUT2D eigenvalue weighted by Crippen LogP contribution is 2.63. The lowest BCUT2D eigenvalue weighted by atomic mass is 9.91. The molecule has 0 saturated heterocycles. The maximum Gasteiger partial charge on any atom is 0.460 e. The zero-order valence-electron chi connectivity index (χ0n) is 25.7. The number of carbonyl (C=O) groups excluding carboxylic acids is 1. The molecular formula is C27H30F17IN2O2. The number of ether oxygens (including phenoxy) is 1. The van der Waals surface area contributed by atoms with E-state index in [0.29, 0.717) is 25.3 Å². The normalized spacial score (nSPS) is 14.2. The topological polar surface area (TPSA) is 32.8 Å². The van der Waals surface area contributed by atoms with E-state index >= 15 is 0 Å². The van der Waals surface area contributed by atoms with Gasteiger partial charge in [0, 0.05) is 31.7 Å². The Morgan fingerprint density at radius 1 is 0.673 bits per heavy atom. The lowest BCUT2D eigenvalue weighted by Crippen LogP contribution is -2.72. The summed E-state index contributed by atoms with van der Waals surface area (Å²) in [4.78, 5) is 15.4. The number of unbranched alkanes of at least 4 members (excludes halogenated alkanes) is 2. The van der Waals surface area contributed by atoms with E-state index in [1.165, 1.54) is 16.7 Å². The first-order valence-electron chi connectivity index (χ1n) is 13.9. The third-order valence-corrected chi connectivity index (χ3v) is 6.99. The standard InChI is InChI=1S/C27H29F17N2O2.HI/c1-5-9-10-13-46(8-4)16-14-15(20(47)45(6-2)7-3)11-12-17(16)48-19(29)18(28)21(30,31)22(32,33)23(34,35)24(36,37)25(38,39)26(40,41)27(42,43)44;/h11-12,14H,5-10,13H2,1-4H3;1H. The minimum absolute atomic E-state index is 0. The first-order chi connectivity index (χ1) is 21.6. The van der Waals surface area contributed by atoms with E-state index in [4.69, 9.17) is 0 Å². The minimum atomic E-state index is -8.68. The van der Waals surface area contributed by atoms with Gasteiger partial charge in [-0.15, -0.1) is 24.0 Å². The van der Waals surface area contributed by atoms with Gasteiger partial charge in [0.15, 0.2) is 5.75 Å². The number of alkyl halides is 15. The molecule has 0 spiro atoms. The summed E-state index contributed by atoms with van der Waals surface area (Å²) in [5.41, 5.74) is -0.550. The van der Waals surface area contributed by atoms with Gasteiger partial charge in [-0.3, -0.25) is 4.79 Å². The van der Waals surface area contributed by atoms with Crippen molar-refractivity contribution in [2.75, 3.05) is 31.1 Å². The average Bonchev–Trinajstić information content (AvgIpc) is 2.98. The Morgan fingerprint density at radius 2 is 1.14 bits per heavy atom. The van der Waals surface area contributed by atoms with Gasteiger partial charge >= 0.3 is 47.7 Å². The Labute approximate surface area is 285 Å². The molecule has 0 saturated carbocycles. The van der Waals surface area contributed by atoms with E-state index in [-0.39, 0.29) is 55.7 Å². The molecule has 0 aliphatic carbocycles. The van der Waals surface area contributed by atoms with Crippen LogP contribution in [0.25, 0.3) is 0 Å². The van der Waals surface area contributed by atoms with Crippen LogP contribution in [-0.4, -0.2) is 78.7 Å². The zero-order valence-corrected chi connectivity index (χ0v) is 28.1. The van der Waals surface area contributed by atoms with Crippen molar-refractivity contribution < 1.29 is 84.2 Å². The SMILES string of the molecule is CCCCCN(CC)c1cc(C(=O)N(CC)CC)ccc1OC(F)=C(F)C(F)(F)C(F)(F)C(F)(F)C(F)(F)C(F)(F)C(F)(F)C(F)(F)F.I. The molecule has 286 valence electrons. The van der Waals surface area contributed by atoms with Crippen molar-refractivity contribution in [2.45, 2.75) is 88.7 Å². The van der Waals surface area contributed by atoms with Crippen LogP contribution < -0.4 is 9.64 Å². The second kappa shape index (κ2) is 16.3. The fourth-order valence-corrected chi connectivity index (χ4v) is 4.05. The van der Waals surface area contributed by atoms with Crippen molar-refractivity contribution in [3.8, 4) is 5.75 Å². The number of allylic oxidation sites excluding steroid dienone is 1. The quantitative estimate of drug-likeness (QED) is 0.0677. The molecule has 1 amide bonds. The van der Waals surface area contributed by atoms with Gasteiger partial charge in [0.2, 0.25) is 5.83 Å². The molecule has 0 N–H and O–H groups in total. The van der Waals surface area contributed by atoms with Crippen molar-refractivity contribution in [3.63, 3.8) is 0 Å². The molecule has 0 aromatic heterocycles. The van der Waals surface area contributed by atoms with E-state index < -0.39 is 70.9 Å². The molecule has 1 aromatic rings. The average molecular weight is 864 g/mol. The monoisotopic (exact) mass is 864 g/mol. The number of halogens is 18. The van der Waals surface area contributed by atoms with Crippen molar-refractivity contribution in [3.05, 3.63) is 35.6 Å². The molecule has 0 bridgehead atoms. The van der Waals surface area contributed by atoms with Crippen LogP contribution in [0.2, 0.25) is 0 Å². The Balaban J connectivity index is 0.0000230. The molecule has 4 nitrogen and oxygen atoms in total. The van der Waals surface area contributed by atoms with Crippen molar-refractivity contribution in [1.29, 1.82) is 0 Å². The van der Waals surface area contributed by atoms with Gasteiger partial charge in [-0.1, -0.05) is 19.8 Å². The van der Waals surface area contributed by atoms with Gasteiger partial charge in [-0.05, 0) is 45.4 Å². The van der Waals surface area contributed by atoms with Gasteiger partial charge in [0.25, 0.3) is 5.91 Å². The van der Waals surface area contributed by atoms with Crippen molar-refractivity contribution in [2.24, 2.45) is 0 Å². The number of nitrogens with zero attached hydrogens (tertiary/aromatic N) is 2. The van der Waals surface area contributed by atoms with Gasteiger partial charge in [-0.2, -0.15) is 74.6 Å². The molecule has 1 rings (SSSR count). The largest absolute Gasteiger partial charge is 0.460 e. The highest BCUT2D eigenvalue weighted by atomic mass is 127. The first kappa shape index (κ1) is 46.6. The number of hydrogen-bond acceptors (Lipinski definition) is 3. The lowest BCUT2D eigenvalue weighted by Gasteiger charge is -2.41. The predicted molar refractivity (Wildman–Crippen MR) is 152 cm³/mol. The van der Waals surface area contributed by atoms with Crippen LogP contribution in [0.1, 0.15) is 57.3 Å². The van der Waals surface area contributed by atoms with E-state index in [9.17, 15) is 79.4 Å². The molecular weight excluding hydrogens is 834 g/mol. The smallest absolute Gasteiger partial charge is 0.427 e. The number of hydrogen-bond donors (Lipinski definition) is 0. The summed E-state index contributed by atoms with van der Waals surface area (Å²) in [7, 11) is 0. The third-order valence-electron chi connectivity index (χ3n) is 6.99. The minimum Gasteiger partial charge on any atom is -0.427 e. The predicted octanol–water partition coefficient (Wildman–Crippen LogP) is 10.7. The van der Waals surface area contributed by atoms with Crippen LogP contribution in [0, 0.1) is 0 Å². The molecule has 0 fully saturated rings.